The second-order valence-corrected chi connectivity index (χ2v) is 6.28. The first-order chi connectivity index (χ1) is 10.7. The van der Waals surface area contributed by atoms with Crippen molar-refractivity contribution in [2.75, 3.05) is 0 Å². The summed E-state index contributed by atoms with van der Waals surface area (Å²) in [7, 11) is 2.05. The van der Waals surface area contributed by atoms with E-state index in [0.29, 0.717) is 0 Å². The predicted octanol–water partition coefficient (Wildman–Crippen LogP) is 4.07. The standard InChI is InChI=1S/C17H14N4S/c1-11-3-4-14-13(9-11)20-16(21(14)2)15-10-19-17(22-15)12-5-7-18-8-6-12/h3-10H,1-2H3. The largest absolute Gasteiger partial charge is 0.326 e. The first-order valence-electron chi connectivity index (χ1n) is 7.02. The number of hydrogen-bond donors (Lipinski definition) is 0. The van der Waals surface area contributed by atoms with Crippen molar-refractivity contribution < 1.29 is 0 Å². The highest BCUT2D eigenvalue weighted by molar-refractivity contribution is 7.18. The molecule has 0 aliphatic rings. The fourth-order valence-corrected chi connectivity index (χ4v) is 3.48. The Morgan fingerprint density at radius 3 is 2.73 bits per heavy atom. The van der Waals surface area contributed by atoms with Gasteiger partial charge in [0.2, 0.25) is 0 Å². The molecule has 0 N–H and O–H groups in total. The second kappa shape index (κ2) is 5.03. The van der Waals surface area contributed by atoms with Crippen LogP contribution in [0.3, 0.4) is 0 Å². The lowest BCUT2D eigenvalue weighted by atomic mass is 10.2. The molecule has 0 aliphatic carbocycles. The topological polar surface area (TPSA) is 43.6 Å². The Hall–Kier alpha value is -2.53. The third-order valence-corrected chi connectivity index (χ3v) is 4.73. The maximum absolute atomic E-state index is 4.77. The van der Waals surface area contributed by atoms with E-state index in [-0.39, 0.29) is 0 Å². The van der Waals surface area contributed by atoms with Crippen molar-refractivity contribution in [1.29, 1.82) is 0 Å². The molecule has 0 radical (unpaired) electrons. The highest BCUT2D eigenvalue weighted by Crippen LogP contribution is 2.32. The summed E-state index contributed by atoms with van der Waals surface area (Å²) in [6.45, 7) is 2.09. The third kappa shape index (κ3) is 2.10. The fourth-order valence-electron chi connectivity index (χ4n) is 2.54. The molecule has 0 atom stereocenters. The van der Waals surface area contributed by atoms with Gasteiger partial charge in [0.15, 0.2) is 5.82 Å². The molecule has 108 valence electrons. The van der Waals surface area contributed by atoms with Gasteiger partial charge in [-0.15, -0.1) is 11.3 Å². The van der Waals surface area contributed by atoms with Gasteiger partial charge < -0.3 is 4.57 Å². The van der Waals surface area contributed by atoms with Gasteiger partial charge in [-0.1, -0.05) is 6.07 Å². The zero-order valence-corrected chi connectivity index (χ0v) is 13.1. The van der Waals surface area contributed by atoms with Crippen molar-refractivity contribution in [2.24, 2.45) is 7.05 Å². The van der Waals surface area contributed by atoms with E-state index >= 15 is 0 Å². The van der Waals surface area contributed by atoms with Crippen LogP contribution in [0.4, 0.5) is 0 Å². The molecule has 0 aliphatic heterocycles. The Balaban J connectivity index is 1.83. The van der Waals surface area contributed by atoms with Crippen molar-refractivity contribution in [3.05, 3.63) is 54.5 Å². The summed E-state index contributed by atoms with van der Waals surface area (Å²) >= 11 is 1.65. The van der Waals surface area contributed by atoms with Gasteiger partial charge in [-0.2, -0.15) is 0 Å². The molecule has 0 unspecified atom stereocenters. The van der Waals surface area contributed by atoms with E-state index in [0.717, 1.165) is 32.3 Å². The van der Waals surface area contributed by atoms with Crippen LogP contribution in [-0.4, -0.2) is 19.5 Å². The summed E-state index contributed by atoms with van der Waals surface area (Å²) in [6, 6.07) is 10.3. The minimum Gasteiger partial charge on any atom is -0.326 e. The molecule has 0 fully saturated rings. The molecule has 0 saturated heterocycles. The molecule has 4 aromatic rings. The number of nitrogens with zero attached hydrogens (tertiary/aromatic N) is 4. The van der Waals surface area contributed by atoms with Crippen LogP contribution in [0.1, 0.15) is 5.56 Å². The number of imidazole rings is 1. The average Bonchev–Trinajstić information content (AvgIpc) is 3.13. The van der Waals surface area contributed by atoms with Crippen molar-refractivity contribution in [1.82, 2.24) is 19.5 Å². The smallest absolute Gasteiger partial charge is 0.152 e. The molecule has 5 heteroatoms. The third-order valence-electron chi connectivity index (χ3n) is 3.69. The summed E-state index contributed by atoms with van der Waals surface area (Å²) in [5, 5.41) is 0.987. The number of aryl methyl sites for hydroxylation is 2. The van der Waals surface area contributed by atoms with Crippen LogP contribution in [0.2, 0.25) is 0 Å². The summed E-state index contributed by atoms with van der Waals surface area (Å²) in [5.74, 6) is 0.957. The zero-order chi connectivity index (χ0) is 15.1. The lowest BCUT2D eigenvalue weighted by molar-refractivity contribution is 0.962. The summed E-state index contributed by atoms with van der Waals surface area (Å²) < 4.78 is 2.12. The minimum atomic E-state index is 0.957. The molecule has 22 heavy (non-hydrogen) atoms. The molecule has 3 aromatic heterocycles. The van der Waals surface area contributed by atoms with E-state index in [2.05, 4.69) is 39.7 Å². The highest BCUT2D eigenvalue weighted by atomic mass is 32.1. The maximum Gasteiger partial charge on any atom is 0.152 e. The number of thiazole rings is 1. The summed E-state index contributed by atoms with van der Waals surface area (Å²) in [5.41, 5.74) is 4.47. The van der Waals surface area contributed by atoms with Crippen LogP contribution in [-0.2, 0) is 7.05 Å². The molecule has 0 amide bonds. The van der Waals surface area contributed by atoms with Crippen molar-refractivity contribution in [3.8, 4) is 21.3 Å². The molecule has 4 rings (SSSR count). The van der Waals surface area contributed by atoms with Gasteiger partial charge in [0.25, 0.3) is 0 Å². The predicted molar refractivity (Wildman–Crippen MR) is 89.8 cm³/mol. The molecule has 0 saturated carbocycles. The number of fused-ring (bicyclic) bond motifs is 1. The Morgan fingerprint density at radius 1 is 1.09 bits per heavy atom. The van der Waals surface area contributed by atoms with Crippen LogP contribution < -0.4 is 0 Å². The van der Waals surface area contributed by atoms with Crippen LogP contribution >= 0.6 is 11.3 Å². The minimum absolute atomic E-state index is 0.957. The Kier molecular flexibility index (Phi) is 3.01. The monoisotopic (exact) mass is 306 g/mol. The first kappa shape index (κ1) is 13.2. The Morgan fingerprint density at radius 2 is 1.91 bits per heavy atom. The lowest BCUT2D eigenvalue weighted by Gasteiger charge is -1.98. The van der Waals surface area contributed by atoms with Gasteiger partial charge in [0.05, 0.1) is 15.9 Å². The highest BCUT2D eigenvalue weighted by Gasteiger charge is 2.13. The van der Waals surface area contributed by atoms with Crippen LogP contribution in [0.15, 0.2) is 48.9 Å². The second-order valence-electron chi connectivity index (χ2n) is 5.25. The molecular formula is C17H14N4S. The zero-order valence-electron chi connectivity index (χ0n) is 12.3. The van der Waals surface area contributed by atoms with Crippen LogP contribution in [0, 0.1) is 6.92 Å². The average molecular weight is 306 g/mol. The van der Waals surface area contributed by atoms with Gasteiger partial charge in [-0.25, -0.2) is 9.97 Å². The number of rotatable bonds is 2. The van der Waals surface area contributed by atoms with Crippen molar-refractivity contribution in [2.45, 2.75) is 6.92 Å². The lowest BCUT2D eigenvalue weighted by Crippen LogP contribution is -1.90. The van der Waals surface area contributed by atoms with Gasteiger partial charge in [0.1, 0.15) is 5.01 Å². The number of benzene rings is 1. The van der Waals surface area contributed by atoms with E-state index < -0.39 is 0 Å². The van der Waals surface area contributed by atoms with Crippen LogP contribution in [0.25, 0.3) is 32.3 Å². The molecular weight excluding hydrogens is 292 g/mol. The van der Waals surface area contributed by atoms with Crippen molar-refractivity contribution >= 4 is 22.4 Å². The molecule has 1 aromatic carbocycles. The molecule has 3 heterocycles. The number of hydrogen-bond acceptors (Lipinski definition) is 4. The van der Waals surface area contributed by atoms with Crippen molar-refractivity contribution in [3.63, 3.8) is 0 Å². The maximum atomic E-state index is 4.77. The molecule has 0 spiro atoms. The van der Waals surface area contributed by atoms with E-state index in [1.807, 2.05) is 25.4 Å². The SMILES string of the molecule is Cc1ccc2c(c1)nc(-c1cnc(-c3ccncc3)s1)n2C. The van der Waals surface area contributed by atoms with E-state index in [9.17, 15) is 0 Å². The van der Waals surface area contributed by atoms with Crippen LogP contribution in [0.5, 0.6) is 0 Å². The summed E-state index contributed by atoms with van der Waals surface area (Å²) in [4.78, 5) is 14.4. The fraction of sp³-hybridized carbons (Fsp3) is 0.118. The first-order valence-corrected chi connectivity index (χ1v) is 7.84. The Labute approximate surface area is 132 Å². The molecule has 4 nitrogen and oxygen atoms in total. The summed E-state index contributed by atoms with van der Waals surface area (Å²) in [6.07, 6.45) is 5.47. The Bertz CT molecular complexity index is 953. The van der Waals surface area contributed by atoms with E-state index in [1.54, 1.807) is 23.7 Å². The van der Waals surface area contributed by atoms with Gasteiger partial charge in [0, 0.05) is 31.2 Å². The van der Waals surface area contributed by atoms with Gasteiger partial charge in [-0.3, -0.25) is 4.98 Å². The normalized spacial score (nSPS) is 11.2. The number of pyridine rings is 1. The molecule has 0 bridgehead atoms. The quantitative estimate of drug-likeness (QED) is 0.561. The number of aromatic nitrogens is 4. The van der Waals surface area contributed by atoms with Gasteiger partial charge >= 0.3 is 0 Å². The van der Waals surface area contributed by atoms with E-state index in [4.69, 9.17) is 4.98 Å². The van der Waals surface area contributed by atoms with E-state index in [1.165, 1.54) is 5.56 Å². The van der Waals surface area contributed by atoms with Gasteiger partial charge in [-0.05, 0) is 36.8 Å².